The van der Waals surface area contributed by atoms with Gasteiger partial charge in [-0.15, -0.1) is 12.6 Å². The summed E-state index contributed by atoms with van der Waals surface area (Å²) in [4.78, 5) is 17.4. The molecule has 0 unspecified atom stereocenters. The fourth-order valence-electron chi connectivity index (χ4n) is 2.72. The number of rotatable bonds is 3. The molecule has 0 spiro atoms. The molecular weight excluding hydrogens is 306 g/mol. The summed E-state index contributed by atoms with van der Waals surface area (Å²) < 4.78 is 0. The van der Waals surface area contributed by atoms with E-state index in [-0.39, 0.29) is 6.03 Å². The van der Waals surface area contributed by atoms with E-state index >= 15 is 0 Å². The molecule has 2 aromatic rings. The smallest absolute Gasteiger partial charge is 0.321 e. The minimum absolute atomic E-state index is 0.0501. The third-order valence-electron chi connectivity index (χ3n) is 4.05. The van der Waals surface area contributed by atoms with Crippen LogP contribution in [0.3, 0.4) is 0 Å². The normalized spacial score (nSPS) is 15.4. The summed E-state index contributed by atoms with van der Waals surface area (Å²) >= 11 is 4.36. The fraction of sp³-hybridized carbons (Fsp3) is 0.278. The molecule has 4 nitrogen and oxygen atoms in total. The highest BCUT2D eigenvalue weighted by molar-refractivity contribution is 7.80. The molecule has 0 aromatic heterocycles. The number of carbonyl (C=O) groups is 1. The highest BCUT2D eigenvalue weighted by atomic mass is 32.1. The average Bonchev–Trinajstić information content (AvgIpc) is 2.58. The number of anilines is 1. The Balaban J connectivity index is 1.50. The second-order valence-corrected chi connectivity index (χ2v) is 6.18. The Morgan fingerprint density at radius 3 is 2.30 bits per heavy atom. The van der Waals surface area contributed by atoms with Crippen molar-refractivity contribution in [2.24, 2.45) is 0 Å². The lowest BCUT2D eigenvalue weighted by Gasteiger charge is -2.34. The summed E-state index contributed by atoms with van der Waals surface area (Å²) in [5, 5.41) is 2.94. The first-order chi connectivity index (χ1) is 11.2. The van der Waals surface area contributed by atoms with Crippen molar-refractivity contribution >= 4 is 24.3 Å². The number of benzene rings is 2. The predicted octanol–water partition coefficient (Wildman–Crippen LogP) is 3.33. The molecule has 1 N–H and O–H groups in total. The van der Waals surface area contributed by atoms with Crippen LogP contribution in [0.25, 0.3) is 0 Å². The first-order valence-corrected chi connectivity index (χ1v) is 8.27. The number of para-hydroxylation sites is 1. The standard InChI is InChI=1S/C18H21N3OS/c22-18(19-16-8-4-5-9-17(16)23)21-12-10-20(11-13-21)14-15-6-2-1-3-7-15/h1-9,23H,10-14H2,(H,19,22). The third kappa shape index (κ3) is 4.27. The number of amides is 2. The minimum Gasteiger partial charge on any atom is -0.322 e. The Morgan fingerprint density at radius 2 is 1.61 bits per heavy atom. The maximum Gasteiger partial charge on any atom is 0.321 e. The van der Waals surface area contributed by atoms with Crippen LogP contribution < -0.4 is 5.32 Å². The summed E-state index contributed by atoms with van der Waals surface area (Å²) in [5.74, 6) is 0. The zero-order valence-corrected chi connectivity index (χ0v) is 13.9. The number of nitrogens with zero attached hydrogens (tertiary/aromatic N) is 2. The van der Waals surface area contributed by atoms with Gasteiger partial charge in [0.1, 0.15) is 0 Å². The highest BCUT2D eigenvalue weighted by Crippen LogP contribution is 2.19. The number of urea groups is 1. The van der Waals surface area contributed by atoms with Gasteiger partial charge in [-0.05, 0) is 17.7 Å². The van der Waals surface area contributed by atoms with Crippen LogP contribution in [-0.4, -0.2) is 42.0 Å². The first kappa shape index (κ1) is 15.9. The largest absolute Gasteiger partial charge is 0.322 e. The van der Waals surface area contributed by atoms with Crippen LogP contribution in [0.4, 0.5) is 10.5 Å². The van der Waals surface area contributed by atoms with Crippen molar-refractivity contribution in [1.29, 1.82) is 0 Å². The van der Waals surface area contributed by atoms with Gasteiger partial charge in [-0.1, -0.05) is 42.5 Å². The molecule has 0 atom stereocenters. The van der Waals surface area contributed by atoms with Crippen LogP contribution in [0.15, 0.2) is 59.5 Å². The molecule has 1 aliphatic rings. The molecule has 1 heterocycles. The lowest BCUT2D eigenvalue weighted by Crippen LogP contribution is -2.49. The molecule has 5 heteroatoms. The number of carbonyl (C=O) groups excluding carboxylic acids is 1. The molecule has 2 amide bonds. The Bertz CT molecular complexity index is 654. The van der Waals surface area contributed by atoms with Gasteiger partial charge in [0.05, 0.1) is 5.69 Å². The van der Waals surface area contributed by atoms with Gasteiger partial charge in [-0.2, -0.15) is 0 Å². The van der Waals surface area contributed by atoms with Gasteiger partial charge >= 0.3 is 6.03 Å². The van der Waals surface area contributed by atoms with Crippen molar-refractivity contribution in [2.75, 3.05) is 31.5 Å². The summed E-state index contributed by atoms with van der Waals surface area (Å²) in [5.41, 5.74) is 2.07. The SMILES string of the molecule is O=C(Nc1ccccc1S)N1CCN(Cc2ccccc2)CC1. The van der Waals surface area contributed by atoms with Crippen molar-refractivity contribution in [3.8, 4) is 0 Å². The van der Waals surface area contributed by atoms with Gasteiger partial charge in [0.25, 0.3) is 0 Å². The molecule has 2 aromatic carbocycles. The molecule has 3 rings (SSSR count). The predicted molar refractivity (Wildman–Crippen MR) is 96.0 cm³/mol. The van der Waals surface area contributed by atoms with Crippen LogP contribution in [0.2, 0.25) is 0 Å². The number of nitrogens with one attached hydrogen (secondary N) is 1. The molecule has 0 bridgehead atoms. The summed E-state index contributed by atoms with van der Waals surface area (Å²) in [6, 6.07) is 17.9. The van der Waals surface area contributed by atoms with E-state index in [1.165, 1.54) is 5.56 Å². The molecule has 120 valence electrons. The zero-order valence-electron chi connectivity index (χ0n) is 13.0. The average molecular weight is 327 g/mol. The molecule has 0 aliphatic carbocycles. The van der Waals surface area contributed by atoms with Crippen molar-refractivity contribution in [3.05, 3.63) is 60.2 Å². The van der Waals surface area contributed by atoms with E-state index in [0.29, 0.717) is 0 Å². The lowest BCUT2D eigenvalue weighted by molar-refractivity contribution is 0.143. The van der Waals surface area contributed by atoms with Gasteiger partial charge in [-0.25, -0.2) is 4.79 Å². The Morgan fingerprint density at radius 1 is 0.957 bits per heavy atom. The van der Waals surface area contributed by atoms with Gasteiger partial charge in [0.15, 0.2) is 0 Å². The molecule has 0 radical (unpaired) electrons. The van der Waals surface area contributed by atoms with E-state index in [1.807, 2.05) is 35.2 Å². The quantitative estimate of drug-likeness (QED) is 0.848. The Kier molecular flexibility index (Phi) is 5.20. The maximum atomic E-state index is 12.3. The second kappa shape index (κ2) is 7.53. The fourth-order valence-corrected chi connectivity index (χ4v) is 2.94. The van der Waals surface area contributed by atoms with Crippen molar-refractivity contribution in [2.45, 2.75) is 11.4 Å². The molecule has 1 fully saturated rings. The Labute approximate surface area is 142 Å². The monoisotopic (exact) mass is 327 g/mol. The van der Waals surface area contributed by atoms with Crippen molar-refractivity contribution in [3.63, 3.8) is 0 Å². The number of thiol groups is 1. The van der Waals surface area contributed by atoms with Crippen LogP contribution in [-0.2, 0) is 6.54 Å². The zero-order chi connectivity index (χ0) is 16.1. The minimum atomic E-state index is -0.0501. The van der Waals surface area contributed by atoms with Crippen LogP contribution >= 0.6 is 12.6 Å². The van der Waals surface area contributed by atoms with E-state index < -0.39 is 0 Å². The van der Waals surface area contributed by atoms with Crippen molar-refractivity contribution < 1.29 is 4.79 Å². The molecule has 1 saturated heterocycles. The van der Waals surface area contributed by atoms with Crippen LogP contribution in [0.1, 0.15) is 5.56 Å². The summed E-state index contributed by atoms with van der Waals surface area (Å²) in [6.45, 7) is 4.21. The third-order valence-corrected chi connectivity index (χ3v) is 4.44. The lowest BCUT2D eigenvalue weighted by atomic mass is 10.2. The van der Waals surface area contributed by atoms with E-state index in [4.69, 9.17) is 0 Å². The number of piperazine rings is 1. The van der Waals surface area contributed by atoms with Crippen LogP contribution in [0, 0.1) is 0 Å². The van der Waals surface area contributed by atoms with E-state index in [9.17, 15) is 4.79 Å². The number of hydrogen-bond acceptors (Lipinski definition) is 3. The molecule has 23 heavy (non-hydrogen) atoms. The van der Waals surface area contributed by atoms with Crippen LogP contribution in [0.5, 0.6) is 0 Å². The topological polar surface area (TPSA) is 35.6 Å². The van der Waals surface area contributed by atoms with E-state index in [2.05, 4.69) is 47.1 Å². The molecule has 0 saturated carbocycles. The Hall–Kier alpha value is -1.98. The first-order valence-electron chi connectivity index (χ1n) is 7.82. The van der Waals surface area contributed by atoms with E-state index in [1.54, 1.807) is 0 Å². The molecular formula is C18H21N3OS. The van der Waals surface area contributed by atoms with E-state index in [0.717, 1.165) is 43.3 Å². The summed E-state index contributed by atoms with van der Waals surface area (Å²) in [6.07, 6.45) is 0. The second-order valence-electron chi connectivity index (χ2n) is 5.70. The van der Waals surface area contributed by atoms with Gasteiger partial charge in [0.2, 0.25) is 0 Å². The summed E-state index contributed by atoms with van der Waals surface area (Å²) in [7, 11) is 0. The van der Waals surface area contributed by atoms with Gasteiger partial charge in [-0.3, -0.25) is 4.90 Å². The maximum absolute atomic E-state index is 12.3. The van der Waals surface area contributed by atoms with Gasteiger partial charge < -0.3 is 10.2 Å². The molecule has 1 aliphatic heterocycles. The van der Waals surface area contributed by atoms with Gasteiger partial charge in [0, 0.05) is 37.6 Å². The van der Waals surface area contributed by atoms with Crippen molar-refractivity contribution in [1.82, 2.24) is 9.80 Å². The number of hydrogen-bond donors (Lipinski definition) is 2. The highest BCUT2D eigenvalue weighted by Gasteiger charge is 2.21.